The molecule has 100 valence electrons. The van der Waals surface area contributed by atoms with Gasteiger partial charge in [0.2, 0.25) is 0 Å². The van der Waals surface area contributed by atoms with Gasteiger partial charge in [-0.3, -0.25) is 0 Å². The van der Waals surface area contributed by atoms with Gasteiger partial charge in [-0.05, 0) is 48.8 Å². The average molecular weight is 286 g/mol. The molecule has 0 heterocycles. The van der Waals surface area contributed by atoms with Gasteiger partial charge in [-0.2, -0.15) is 0 Å². The lowest BCUT2D eigenvalue weighted by Crippen LogP contribution is -2.31. The van der Waals surface area contributed by atoms with Crippen LogP contribution in [0.25, 0.3) is 0 Å². The second kappa shape index (κ2) is 5.81. The normalized spacial score (nSPS) is 16.0. The van der Waals surface area contributed by atoms with Crippen molar-refractivity contribution in [3.05, 3.63) is 33.8 Å². The van der Waals surface area contributed by atoms with Crippen LogP contribution in [0, 0.1) is 5.41 Å². The smallest absolute Gasteiger partial charge is 0.0452 e. The van der Waals surface area contributed by atoms with Crippen molar-refractivity contribution in [3.8, 4) is 0 Å². The Balaban J connectivity index is 1.84. The Morgan fingerprint density at radius 3 is 2.61 bits per heavy atom. The number of halogens is 2. The summed E-state index contributed by atoms with van der Waals surface area (Å²) in [7, 11) is 0. The molecule has 18 heavy (non-hydrogen) atoms. The van der Waals surface area contributed by atoms with E-state index in [1.807, 2.05) is 18.2 Å². The van der Waals surface area contributed by atoms with Crippen molar-refractivity contribution in [2.75, 3.05) is 6.54 Å². The molecule has 1 aliphatic rings. The standard InChI is InChI=1S/C15H21Cl2N/c1-15(2,10-18-13-5-6-13)8-7-11-3-4-12(16)9-14(11)17/h3-4,9,13,18H,5-8,10H2,1-2H3. The third-order valence-electron chi connectivity index (χ3n) is 3.53. The molecule has 1 saturated carbocycles. The molecule has 0 spiro atoms. The van der Waals surface area contributed by atoms with E-state index in [1.165, 1.54) is 18.4 Å². The SMILES string of the molecule is CC(C)(CCc1ccc(Cl)cc1Cl)CNC1CC1. The molecular weight excluding hydrogens is 265 g/mol. The van der Waals surface area contributed by atoms with Crippen LogP contribution in [0.4, 0.5) is 0 Å². The van der Waals surface area contributed by atoms with E-state index >= 15 is 0 Å². The summed E-state index contributed by atoms with van der Waals surface area (Å²) in [5, 5.41) is 5.10. The highest BCUT2D eigenvalue weighted by atomic mass is 35.5. The van der Waals surface area contributed by atoms with E-state index < -0.39 is 0 Å². The zero-order valence-electron chi connectivity index (χ0n) is 11.1. The number of nitrogens with one attached hydrogen (secondary N) is 1. The van der Waals surface area contributed by atoms with Gasteiger partial charge in [0.1, 0.15) is 0 Å². The molecule has 0 saturated heterocycles. The lowest BCUT2D eigenvalue weighted by molar-refractivity contribution is 0.313. The summed E-state index contributed by atoms with van der Waals surface area (Å²) in [5.41, 5.74) is 1.51. The van der Waals surface area contributed by atoms with Gasteiger partial charge in [-0.15, -0.1) is 0 Å². The van der Waals surface area contributed by atoms with Crippen LogP contribution >= 0.6 is 23.2 Å². The number of hydrogen-bond acceptors (Lipinski definition) is 1. The molecule has 0 amide bonds. The van der Waals surface area contributed by atoms with Gasteiger partial charge in [0.05, 0.1) is 0 Å². The molecule has 1 N–H and O–H groups in total. The van der Waals surface area contributed by atoms with Crippen LogP contribution in [0.1, 0.15) is 38.7 Å². The van der Waals surface area contributed by atoms with Gasteiger partial charge in [0.15, 0.2) is 0 Å². The first-order chi connectivity index (χ1) is 8.46. The third-order valence-corrected chi connectivity index (χ3v) is 4.12. The van der Waals surface area contributed by atoms with Crippen LogP contribution in [0.15, 0.2) is 18.2 Å². The Hall–Kier alpha value is -0.240. The molecule has 2 rings (SSSR count). The summed E-state index contributed by atoms with van der Waals surface area (Å²) in [6, 6.07) is 6.56. The number of benzene rings is 1. The molecule has 0 aromatic heterocycles. The molecule has 1 aliphatic carbocycles. The van der Waals surface area contributed by atoms with E-state index in [9.17, 15) is 0 Å². The van der Waals surface area contributed by atoms with E-state index in [0.717, 1.165) is 30.5 Å². The van der Waals surface area contributed by atoms with Crippen LogP contribution in [-0.4, -0.2) is 12.6 Å². The number of rotatable bonds is 6. The van der Waals surface area contributed by atoms with Gasteiger partial charge < -0.3 is 5.32 Å². The Labute approximate surface area is 120 Å². The van der Waals surface area contributed by atoms with Crippen LogP contribution < -0.4 is 5.32 Å². The molecule has 1 nitrogen and oxygen atoms in total. The first-order valence-corrected chi connectivity index (χ1v) is 7.39. The molecular formula is C15H21Cl2N. The molecule has 1 fully saturated rings. The quantitative estimate of drug-likeness (QED) is 0.799. The van der Waals surface area contributed by atoms with Crippen molar-refractivity contribution >= 4 is 23.2 Å². The van der Waals surface area contributed by atoms with Crippen LogP contribution in [0.2, 0.25) is 10.0 Å². The van der Waals surface area contributed by atoms with Crippen LogP contribution in [0.3, 0.4) is 0 Å². The Morgan fingerprint density at radius 2 is 2.00 bits per heavy atom. The highest BCUT2D eigenvalue weighted by Gasteiger charge is 2.25. The second-order valence-corrected chi connectivity index (χ2v) is 6.90. The minimum absolute atomic E-state index is 0.311. The van der Waals surface area contributed by atoms with Crippen molar-refractivity contribution < 1.29 is 0 Å². The predicted molar refractivity (Wildman–Crippen MR) is 79.6 cm³/mol. The largest absolute Gasteiger partial charge is 0.313 e. The third kappa shape index (κ3) is 4.46. The minimum Gasteiger partial charge on any atom is -0.313 e. The average Bonchev–Trinajstić information content (AvgIpc) is 3.09. The molecule has 1 aromatic carbocycles. The molecule has 0 bridgehead atoms. The Bertz CT molecular complexity index is 411. The maximum absolute atomic E-state index is 6.20. The first-order valence-electron chi connectivity index (χ1n) is 6.64. The minimum atomic E-state index is 0.311. The maximum atomic E-state index is 6.20. The highest BCUT2D eigenvalue weighted by molar-refractivity contribution is 6.35. The molecule has 0 radical (unpaired) electrons. The molecule has 0 aliphatic heterocycles. The summed E-state index contributed by atoms with van der Waals surface area (Å²) in [5.74, 6) is 0. The Kier molecular flexibility index (Phi) is 4.58. The van der Waals surface area contributed by atoms with Crippen LogP contribution in [0.5, 0.6) is 0 Å². The van der Waals surface area contributed by atoms with Crippen molar-refractivity contribution in [2.45, 2.75) is 45.6 Å². The van der Waals surface area contributed by atoms with Gasteiger partial charge in [-0.25, -0.2) is 0 Å². The van der Waals surface area contributed by atoms with E-state index in [-0.39, 0.29) is 0 Å². The highest BCUT2D eigenvalue weighted by Crippen LogP contribution is 2.28. The van der Waals surface area contributed by atoms with Crippen molar-refractivity contribution in [3.63, 3.8) is 0 Å². The zero-order valence-corrected chi connectivity index (χ0v) is 12.6. The molecule has 3 heteroatoms. The zero-order chi connectivity index (χ0) is 13.2. The summed E-state index contributed by atoms with van der Waals surface area (Å²) in [6.45, 7) is 5.71. The predicted octanol–water partition coefficient (Wildman–Crippen LogP) is 4.70. The maximum Gasteiger partial charge on any atom is 0.0452 e. The van der Waals surface area contributed by atoms with Gasteiger partial charge in [0.25, 0.3) is 0 Å². The van der Waals surface area contributed by atoms with E-state index in [1.54, 1.807) is 0 Å². The fourth-order valence-electron chi connectivity index (χ4n) is 1.99. The monoisotopic (exact) mass is 285 g/mol. The lowest BCUT2D eigenvalue weighted by Gasteiger charge is -2.25. The lowest BCUT2D eigenvalue weighted by atomic mass is 9.86. The summed E-state index contributed by atoms with van der Waals surface area (Å²) >= 11 is 12.1. The topological polar surface area (TPSA) is 12.0 Å². The summed E-state index contributed by atoms with van der Waals surface area (Å²) in [4.78, 5) is 0. The Morgan fingerprint density at radius 1 is 1.28 bits per heavy atom. The van der Waals surface area contributed by atoms with Crippen molar-refractivity contribution in [2.24, 2.45) is 5.41 Å². The van der Waals surface area contributed by atoms with Crippen LogP contribution in [-0.2, 0) is 6.42 Å². The van der Waals surface area contributed by atoms with E-state index in [0.29, 0.717) is 10.4 Å². The van der Waals surface area contributed by atoms with Gasteiger partial charge in [0, 0.05) is 22.6 Å². The van der Waals surface area contributed by atoms with E-state index in [4.69, 9.17) is 23.2 Å². The second-order valence-electron chi connectivity index (χ2n) is 6.06. The van der Waals surface area contributed by atoms with E-state index in [2.05, 4.69) is 19.2 Å². The summed E-state index contributed by atoms with van der Waals surface area (Å²) < 4.78 is 0. The molecule has 1 aromatic rings. The van der Waals surface area contributed by atoms with Gasteiger partial charge >= 0.3 is 0 Å². The van der Waals surface area contributed by atoms with Gasteiger partial charge in [-0.1, -0.05) is 43.1 Å². The fourth-order valence-corrected chi connectivity index (χ4v) is 2.50. The molecule has 0 atom stereocenters. The fraction of sp³-hybridized carbons (Fsp3) is 0.600. The number of hydrogen-bond donors (Lipinski definition) is 1. The molecule has 0 unspecified atom stereocenters. The first kappa shape index (κ1) is 14.2. The number of aryl methyl sites for hydroxylation is 1. The van der Waals surface area contributed by atoms with Crippen molar-refractivity contribution in [1.82, 2.24) is 5.32 Å². The van der Waals surface area contributed by atoms with Crippen molar-refractivity contribution in [1.29, 1.82) is 0 Å². The summed E-state index contributed by atoms with van der Waals surface area (Å²) in [6.07, 6.45) is 4.83.